The van der Waals surface area contributed by atoms with Crippen LogP contribution in [-0.2, 0) is 18.4 Å². The molecule has 1 heterocycles. The van der Waals surface area contributed by atoms with Crippen LogP contribution >= 0.6 is 0 Å². The number of benzene rings is 1. The largest absolute Gasteiger partial charge is 0.466 e. The molecular weight excluding hydrogens is 356 g/mol. The fraction of sp³-hybridized carbons (Fsp3) is 0.682. The standard InChI is InChI=1S/C22H36O4Si/c1-4-5-6-7-11-15-21(23)24-16-12-17-27(20-13-9-8-10-14-20)25-18-22(2,3)19-26-27/h8-10,13-14H,4-7,11-12,15-19H2,1-3H3. The van der Waals surface area contributed by atoms with Crippen molar-refractivity contribution >= 4 is 19.7 Å². The third kappa shape index (κ3) is 7.39. The van der Waals surface area contributed by atoms with E-state index in [-0.39, 0.29) is 11.4 Å². The van der Waals surface area contributed by atoms with Gasteiger partial charge in [-0.15, -0.1) is 0 Å². The summed E-state index contributed by atoms with van der Waals surface area (Å²) in [7, 11) is -2.45. The zero-order chi connectivity index (χ0) is 19.6. The molecule has 4 nitrogen and oxygen atoms in total. The maximum atomic E-state index is 11.9. The molecule has 2 rings (SSSR count). The van der Waals surface area contributed by atoms with Crippen LogP contribution in [0.15, 0.2) is 30.3 Å². The molecule has 0 aliphatic carbocycles. The Hall–Kier alpha value is -1.17. The molecule has 0 radical (unpaired) electrons. The lowest BCUT2D eigenvalue weighted by Gasteiger charge is -2.42. The predicted octanol–water partition coefficient (Wildman–Crippen LogP) is 4.70. The fourth-order valence-electron chi connectivity index (χ4n) is 3.29. The van der Waals surface area contributed by atoms with Crippen LogP contribution in [0.2, 0.25) is 6.04 Å². The van der Waals surface area contributed by atoms with Crippen molar-refractivity contribution in [2.75, 3.05) is 19.8 Å². The molecule has 0 atom stereocenters. The molecule has 1 aliphatic rings. The number of carbonyl (C=O) groups excluding carboxylic acids is 1. The molecule has 0 amide bonds. The first-order valence-corrected chi connectivity index (χ1v) is 12.5. The van der Waals surface area contributed by atoms with Gasteiger partial charge in [0.25, 0.3) is 0 Å². The first kappa shape index (κ1) is 22.1. The smallest absolute Gasteiger partial charge is 0.372 e. The molecule has 1 saturated heterocycles. The van der Waals surface area contributed by atoms with E-state index in [1.54, 1.807) is 0 Å². The van der Waals surface area contributed by atoms with Crippen LogP contribution in [0, 0.1) is 5.41 Å². The first-order valence-electron chi connectivity index (χ1n) is 10.5. The Morgan fingerprint density at radius 1 is 1.04 bits per heavy atom. The van der Waals surface area contributed by atoms with Gasteiger partial charge in [-0.2, -0.15) is 0 Å². The van der Waals surface area contributed by atoms with E-state index in [0.717, 1.165) is 25.3 Å². The Balaban J connectivity index is 1.77. The Morgan fingerprint density at radius 3 is 2.37 bits per heavy atom. The van der Waals surface area contributed by atoms with Crippen LogP contribution in [0.4, 0.5) is 0 Å². The third-order valence-corrected chi connectivity index (χ3v) is 8.45. The minimum Gasteiger partial charge on any atom is -0.466 e. The molecule has 5 heteroatoms. The number of unbranched alkanes of at least 4 members (excludes halogenated alkanes) is 4. The highest BCUT2D eigenvalue weighted by Crippen LogP contribution is 2.29. The van der Waals surface area contributed by atoms with E-state index in [1.165, 1.54) is 24.4 Å². The molecule has 0 spiro atoms. The highest BCUT2D eigenvalue weighted by molar-refractivity contribution is 6.81. The number of ether oxygens (including phenoxy) is 1. The second-order valence-corrected chi connectivity index (χ2v) is 11.5. The molecule has 27 heavy (non-hydrogen) atoms. The highest BCUT2D eigenvalue weighted by Gasteiger charge is 2.45. The molecule has 0 saturated carbocycles. The third-order valence-electron chi connectivity index (χ3n) is 5.00. The summed E-state index contributed by atoms with van der Waals surface area (Å²) in [5.41, 5.74) is 0.0511. The molecular formula is C22H36O4Si. The molecule has 0 unspecified atom stereocenters. The van der Waals surface area contributed by atoms with Gasteiger partial charge in [0.05, 0.1) is 6.61 Å². The lowest BCUT2D eigenvalue weighted by Crippen LogP contribution is -2.59. The van der Waals surface area contributed by atoms with Crippen LogP contribution in [-0.4, -0.2) is 34.4 Å². The van der Waals surface area contributed by atoms with Gasteiger partial charge in [-0.05, 0) is 24.1 Å². The highest BCUT2D eigenvalue weighted by atomic mass is 28.4. The van der Waals surface area contributed by atoms with Crippen molar-refractivity contribution in [3.8, 4) is 0 Å². The molecule has 0 aromatic heterocycles. The summed E-state index contributed by atoms with van der Waals surface area (Å²) in [4.78, 5) is 11.9. The number of rotatable bonds is 11. The summed E-state index contributed by atoms with van der Waals surface area (Å²) in [5, 5.41) is 1.17. The van der Waals surface area contributed by atoms with E-state index in [1.807, 2.05) is 18.2 Å². The summed E-state index contributed by atoms with van der Waals surface area (Å²) in [6, 6.07) is 11.1. The van der Waals surface area contributed by atoms with Crippen LogP contribution in [0.5, 0.6) is 0 Å². The van der Waals surface area contributed by atoms with Gasteiger partial charge >= 0.3 is 14.5 Å². The maximum Gasteiger partial charge on any atom is 0.372 e. The minimum atomic E-state index is -2.45. The van der Waals surface area contributed by atoms with Crippen molar-refractivity contribution in [3.05, 3.63) is 30.3 Å². The van der Waals surface area contributed by atoms with Crippen molar-refractivity contribution in [3.63, 3.8) is 0 Å². The van der Waals surface area contributed by atoms with Crippen molar-refractivity contribution in [1.82, 2.24) is 0 Å². The Labute approximate surface area is 165 Å². The topological polar surface area (TPSA) is 44.8 Å². The van der Waals surface area contributed by atoms with Crippen molar-refractivity contribution in [1.29, 1.82) is 0 Å². The number of carbonyl (C=O) groups is 1. The van der Waals surface area contributed by atoms with E-state index >= 15 is 0 Å². The summed E-state index contributed by atoms with van der Waals surface area (Å²) in [5.74, 6) is -0.0754. The average Bonchev–Trinajstić information content (AvgIpc) is 2.67. The summed E-state index contributed by atoms with van der Waals surface area (Å²) in [6.07, 6.45) is 7.04. The van der Waals surface area contributed by atoms with Gasteiger partial charge in [0, 0.05) is 25.0 Å². The quantitative estimate of drug-likeness (QED) is 0.311. The fourth-order valence-corrected chi connectivity index (χ4v) is 6.84. The lowest BCUT2D eigenvalue weighted by atomic mass is 9.97. The maximum absolute atomic E-state index is 11.9. The van der Waals surface area contributed by atoms with Gasteiger partial charge in [0.1, 0.15) is 0 Å². The number of hydrogen-bond donors (Lipinski definition) is 0. The van der Waals surface area contributed by atoms with Crippen LogP contribution < -0.4 is 5.19 Å². The molecule has 0 bridgehead atoms. The zero-order valence-corrected chi connectivity index (χ0v) is 18.3. The van der Waals surface area contributed by atoms with E-state index < -0.39 is 8.56 Å². The second-order valence-electron chi connectivity index (χ2n) is 8.35. The van der Waals surface area contributed by atoms with E-state index in [2.05, 4.69) is 32.9 Å². The first-order chi connectivity index (χ1) is 13.0. The molecule has 1 fully saturated rings. The molecule has 1 aliphatic heterocycles. The van der Waals surface area contributed by atoms with E-state index in [0.29, 0.717) is 26.2 Å². The van der Waals surface area contributed by atoms with Gasteiger partial charge in [-0.1, -0.05) is 76.8 Å². The van der Waals surface area contributed by atoms with Crippen molar-refractivity contribution in [2.24, 2.45) is 5.41 Å². The van der Waals surface area contributed by atoms with Crippen LogP contribution in [0.25, 0.3) is 0 Å². The predicted molar refractivity (Wildman–Crippen MR) is 111 cm³/mol. The SMILES string of the molecule is CCCCCCCC(=O)OCCC[Si]1(c2ccccc2)OCC(C)(C)CO1. The van der Waals surface area contributed by atoms with Gasteiger partial charge in [-0.25, -0.2) is 0 Å². The number of hydrogen-bond acceptors (Lipinski definition) is 4. The van der Waals surface area contributed by atoms with Gasteiger partial charge < -0.3 is 13.6 Å². The van der Waals surface area contributed by atoms with E-state index in [4.69, 9.17) is 13.6 Å². The summed E-state index contributed by atoms with van der Waals surface area (Å²) >= 11 is 0. The average molecular weight is 393 g/mol. The monoisotopic (exact) mass is 392 g/mol. The van der Waals surface area contributed by atoms with E-state index in [9.17, 15) is 4.79 Å². The summed E-state index contributed by atoms with van der Waals surface area (Å²) < 4.78 is 18.1. The minimum absolute atomic E-state index is 0.0511. The molecule has 0 N–H and O–H groups in total. The lowest BCUT2D eigenvalue weighted by molar-refractivity contribution is -0.143. The van der Waals surface area contributed by atoms with Crippen LogP contribution in [0.3, 0.4) is 0 Å². The van der Waals surface area contributed by atoms with Gasteiger partial charge in [-0.3, -0.25) is 4.79 Å². The van der Waals surface area contributed by atoms with Crippen LogP contribution in [0.1, 0.15) is 65.7 Å². The zero-order valence-electron chi connectivity index (χ0n) is 17.3. The normalized spacial score (nSPS) is 18.2. The van der Waals surface area contributed by atoms with Crippen molar-refractivity contribution < 1.29 is 18.4 Å². The van der Waals surface area contributed by atoms with Crippen molar-refractivity contribution in [2.45, 2.75) is 71.8 Å². The Morgan fingerprint density at radius 2 is 1.70 bits per heavy atom. The van der Waals surface area contributed by atoms with Gasteiger partial charge in [0.2, 0.25) is 0 Å². The Kier molecular flexibility index (Phi) is 9.00. The second kappa shape index (κ2) is 11.0. The Bertz CT molecular complexity index is 549. The molecule has 1 aromatic carbocycles. The summed E-state index contributed by atoms with van der Waals surface area (Å²) in [6.45, 7) is 8.40. The molecule has 1 aromatic rings. The van der Waals surface area contributed by atoms with Gasteiger partial charge in [0.15, 0.2) is 0 Å². The molecule has 152 valence electrons. The number of esters is 1.